The summed E-state index contributed by atoms with van der Waals surface area (Å²) in [5, 5.41) is 7.16. The van der Waals surface area contributed by atoms with Crippen molar-refractivity contribution < 1.29 is 9.47 Å². The van der Waals surface area contributed by atoms with Crippen LogP contribution in [0.2, 0.25) is 5.02 Å². The molecule has 3 rings (SSSR count). The third kappa shape index (κ3) is 1.43. The Kier molecular flexibility index (Phi) is 2.16. The van der Waals surface area contributed by atoms with E-state index in [0.29, 0.717) is 22.3 Å². The summed E-state index contributed by atoms with van der Waals surface area (Å²) in [7, 11) is 0. The molecular weight excluding hydrogens is 242 g/mol. The molecule has 0 fully saturated rings. The molecule has 1 aliphatic rings. The van der Waals surface area contributed by atoms with E-state index in [-0.39, 0.29) is 6.79 Å². The molecule has 0 bridgehead atoms. The molecule has 6 heteroatoms. The van der Waals surface area contributed by atoms with Crippen molar-refractivity contribution in [3.63, 3.8) is 0 Å². The van der Waals surface area contributed by atoms with Crippen LogP contribution in [0.3, 0.4) is 0 Å². The van der Waals surface area contributed by atoms with Gasteiger partial charge in [-0.25, -0.2) is 0 Å². The van der Waals surface area contributed by atoms with Gasteiger partial charge < -0.3 is 15.2 Å². The molecule has 0 aliphatic carbocycles. The summed E-state index contributed by atoms with van der Waals surface area (Å²) in [6.07, 6.45) is 1.64. The van der Waals surface area contributed by atoms with Crippen LogP contribution in [-0.4, -0.2) is 17.0 Å². The Bertz CT molecular complexity index is 595. The second-order valence-corrected chi connectivity index (χ2v) is 4.17. The molecular formula is C11H10ClN3O2. The molecule has 2 aromatic rings. The van der Waals surface area contributed by atoms with E-state index in [0.717, 1.165) is 16.7 Å². The fraction of sp³-hybridized carbons (Fsp3) is 0.182. The van der Waals surface area contributed by atoms with Gasteiger partial charge in [-0.15, -0.1) is 0 Å². The minimum absolute atomic E-state index is 0.219. The van der Waals surface area contributed by atoms with Crippen LogP contribution in [0.25, 0.3) is 11.1 Å². The molecule has 0 spiro atoms. The van der Waals surface area contributed by atoms with E-state index in [1.54, 1.807) is 6.20 Å². The summed E-state index contributed by atoms with van der Waals surface area (Å²) in [4.78, 5) is 0. The maximum atomic E-state index is 6.31. The van der Waals surface area contributed by atoms with E-state index in [4.69, 9.17) is 26.8 Å². The number of nitrogen functional groups attached to an aromatic ring is 1. The first kappa shape index (κ1) is 10.3. The molecule has 0 saturated heterocycles. The highest BCUT2D eigenvalue weighted by Gasteiger charge is 2.22. The summed E-state index contributed by atoms with van der Waals surface area (Å²) in [5.41, 5.74) is 8.18. The molecule has 1 aliphatic heterocycles. The SMILES string of the molecule is Cc1c(Cl)c(-c2cn[nH]c2N)cc2c1OCO2. The summed E-state index contributed by atoms with van der Waals surface area (Å²) in [5.74, 6) is 1.86. The lowest BCUT2D eigenvalue weighted by atomic mass is 10.0. The number of ether oxygens (including phenoxy) is 2. The zero-order valence-corrected chi connectivity index (χ0v) is 9.84. The predicted octanol–water partition coefficient (Wildman–Crippen LogP) is 2.35. The van der Waals surface area contributed by atoms with Gasteiger partial charge in [-0.3, -0.25) is 5.10 Å². The lowest BCUT2D eigenvalue weighted by Crippen LogP contribution is -1.93. The molecule has 1 aromatic carbocycles. The molecule has 0 unspecified atom stereocenters. The Labute approximate surface area is 102 Å². The minimum Gasteiger partial charge on any atom is -0.454 e. The Morgan fingerprint density at radius 1 is 1.41 bits per heavy atom. The quantitative estimate of drug-likeness (QED) is 0.816. The molecule has 2 heterocycles. The molecule has 17 heavy (non-hydrogen) atoms. The van der Waals surface area contributed by atoms with Gasteiger partial charge in [0.05, 0.1) is 11.2 Å². The minimum atomic E-state index is 0.219. The van der Waals surface area contributed by atoms with Crippen molar-refractivity contribution >= 4 is 17.4 Å². The van der Waals surface area contributed by atoms with Gasteiger partial charge in [-0.2, -0.15) is 5.10 Å². The number of benzene rings is 1. The summed E-state index contributed by atoms with van der Waals surface area (Å²) >= 11 is 6.31. The Morgan fingerprint density at radius 2 is 2.24 bits per heavy atom. The van der Waals surface area contributed by atoms with Crippen LogP contribution in [-0.2, 0) is 0 Å². The van der Waals surface area contributed by atoms with E-state index in [1.807, 2.05) is 13.0 Å². The van der Waals surface area contributed by atoms with E-state index in [9.17, 15) is 0 Å². The van der Waals surface area contributed by atoms with Crippen LogP contribution in [0.15, 0.2) is 12.3 Å². The Balaban J connectivity index is 2.25. The first-order valence-corrected chi connectivity index (χ1v) is 5.44. The van der Waals surface area contributed by atoms with Crippen molar-refractivity contribution in [1.29, 1.82) is 0 Å². The number of rotatable bonds is 1. The summed E-state index contributed by atoms with van der Waals surface area (Å²) < 4.78 is 10.7. The van der Waals surface area contributed by atoms with Crippen molar-refractivity contribution in [3.8, 4) is 22.6 Å². The molecule has 3 N–H and O–H groups in total. The smallest absolute Gasteiger partial charge is 0.231 e. The average molecular weight is 252 g/mol. The van der Waals surface area contributed by atoms with Crippen molar-refractivity contribution in [1.82, 2.24) is 10.2 Å². The highest BCUT2D eigenvalue weighted by molar-refractivity contribution is 6.34. The van der Waals surface area contributed by atoms with Crippen molar-refractivity contribution in [2.75, 3.05) is 12.5 Å². The van der Waals surface area contributed by atoms with Gasteiger partial charge in [0.2, 0.25) is 6.79 Å². The standard InChI is InChI=1S/C11H10ClN3O2/c1-5-9(12)6(7-3-14-15-11(7)13)2-8-10(5)17-4-16-8/h2-3H,4H2,1H3,(H3,13,14,15). The molecule has 0 atom stereocenters. The van der Waals surface area contributed by atoms with Gasteiger partial charge in [0, 0.05) is 16.7 Å². The third-order valence-electron chi connectivity index (χ3n) is 2.78. The number of fused-ring (bicyclic) bond motifs is 1. The lowest BCUT2D eigenvalue weighted by Gasteiger charge is -2.09. The molecule has 0 radical (unpaired) electrons. The van der Waals surface area contributed by atoms with E-state index in [2.05, 4.69) is 10.2 Å². The predicted molar refractivity (Wildman–Crippen MR) is 64.3 cm³/mol. The number of nitrogens with one attached hydrogen (secondary N) is 1. The van der Waals surface area contributed by atoms with Crippen molar-refractivity contribution in [2.24, 2.45) is 0 Å². The lowest BCUT2D eigenvalue weighted by molar-refractivity contribution is 0.173. The molecule has 5 nitrogen and oxygen atoms in total. The van der Waals surface area contributed by atoms with Gasteiger partial charge >= 0.3 is 0 Å². The van der Waals surface area contributed by atoms with E-state index < -0.39 is 0 Å². The number of nitrogens with zero attached hydrogens (tertiary/aromatic N) is 1. The van der Waals surface area contributed by atoms with Gasteiger partial charge in [-0.05, 0) is 13.0 Å². The second-order valence-electron chi connectivity index (χ2n) is 3.79. The van der Waals surface area contributed by atoms with Crippen LogP contribution in [0.4, 0.5) is 5.82 Å². The zero-order valence-electron chi connectivity index (χ0n) is 9.08. The highest BCUT2D eigenvalue weighted by atomic mass is 35.5. The number of hydrogen-bond donors (Lipinski definition) is 2. The monoisotopic (exact) mass is 251 g/mol. The van der Waals surface area contributed by atoms with Crippen LogP contribution in [0.5, 0.6) is 11.5 Å². The van der Waals surface area contributed by atoms with E-state index >= 15 is 0 Å². The van der Waals surface area contributed by atoms with Crippen molar-refractivity contribution in [2.45, 2.75) is 6.92 Å². The third-order valence-corrected chi connectivity index (χ3v) is 3.27. The number of hydrogen-bond acceptors (Lipinski definition) is 4. The Hall–Kier alpha value is -1.88. The van der Waals surface area contributed by atoms with E-state index in [1.165, 1.54) is 0 Å². The van der Waals surface area contributed by atoms with Gasteiger partial charge in [-0.1, -0.05) is 11.6 Å². The average Bonchev–Trinajstić information content (AvgIpc) is 2.92. The van der Waals surface area contributed by atoms with Crippen LogP contribution < -0.4 is 15.2 Å². The topological polar surface area (TPSA) is 73.2 Å². The molecule has 0 saturated carbocycles. The number of nitrogens with two attached hydrogens (primary N) is 1. The normalized spacial score (nSPS) is 13.1. The van der Waals surface area contributed by atoms with Gasteiger partial charge in [0.25, 0.3) is 0 Å². The molecule has 1 aromatic heterocycles. The number of aromatic nitrogens is 2. The number of aromatic amines is 1. The van der Waals surface area contributed by atoms with Crippen molar-refractivity contribution in [3.05, 3.63) is 22.8 Å². The fourth-order valence-electron chi connectivity index (χ4n) is 1.89. The van der Waals surface area contributed by atoms with Crippen LogP contribution in [0.1, 0.15) is 5.56 Å². The fourth-order valence-corrected chi connectivity index (χ4v) is 2.13. The molecule has 0 amide bonds. The largest absolute Gasteiger partial charge is 0.454 e. The van der Waals surface area contributed by atoms with Gasteiger partial charge in [0.15, 0.2) is 11.5 Å². The first-order valence-electron chi connectivity index (χ1n) is 5.06. The van der Waals surface area contributed by atoms with Crippen LogP contribution in [0, 0.1) is 6.92 Å². The summed E-state index contributed by atoms with van der Waals surface area (Å²) in [6, 6.07) is 1.82. The Morgan fingerprint density at radius 3 is 2.94 bits per heavy atom. The number of halogens is 1. The molecule has 88 valence electrons. The maximum Gasteiger partial charge on any atom is 0.231 e. The van der Waals surface area contributed by atoms with Gasteiger partial charge in [0.1, 0.15) is 5.82 Å². The number of H-pyrrole nitrogens is 1. The second kappa shape index (κ2) is 3.56. The first-order chi connectivity index (χ1) is 8.18. The zero-order chi connectivity index (χ0) is 12.0. The summed E-state index contributed by atoms with van der Waals surface area (Å²) in [6.45, 7) is 2.10. The maximum absolute atomic E-state index is 6.31. The van der Waals surface area contributed by atoms with Crippen LogP contribution >= 0.6 is 11.6 Å². The number of anilines is 1. The highest BCUT2D eigenvalue weighted by Crippen LogP contribution is 2.45.